The van der Waals surface area contributed by atoms with E-state index < -0.39 is 275 Å². The third kappa shape index (κ3) is 29.4. The summed E-state index contributed by atoms with van der Waals surface area (Å²) in [6, 6.07) is -3.27. The summed E-state index contributed by atoms with van der Waals surface area (Å²) < 4.78 is 43.1. The fourth-order valence-electron chi connectivity index (χ4n) is 14.0. The molecule has 17 amide bonds. The van der Waals surface area contributed by atoms with Crippen molar-refractivity contribution in [2.45, 2.75) is 216 Å². The summed E-state index contributed by atoms with van der Waals surface area (Å²) in [5.74, 6) is -23.3. The molecule has 0 saturated carbocycles. The minimum absolute atomic E-state index is 0.0421. The van der Waals surface area contributed by atoms with Crippen molar-refractivity contribution in [3.8, 4) is 0 Å². The molecule has 3 aromatic rings. The molecule has 3 aliphatic heterocycles. The average Bonchev–Trinajstić information content (AvgIpc) is 1.61. The summed E-state index contributed by atoms with van der Waals surface area (Å²) in [7, 11) is -3.60. The van der Waals surface area contributed by atoms with E-state index in [4.69, 9.17) is 27.3 Å². The molecule has 125 heavy (non-hydrogen) atoms. The van der Waals surface area contributed by atoms with Gasteiger partial charge in [-0.3, -0.25) is 96.3 Å². The zero-order valence-electron chi connectivity index (χ0n) is 70.5. The maximum atomic E-state index is 15.4. The summed E-state index contributed by atoms with van der Waals surface area (Å²) in [4.78, 5) is 258. The number of primary amides is 2. The predicted molar refractivity (Wildman–Crippen MR) is 448 cm³/mol. The van der Waals surface area contributed by atoms with Crippen LogP contribution >= 0.6 is 15.9 Å². The monoisotopic (exact) mass is 1830 g/mol. The van der Waals surface area contributed by atoms with Crippen LogP contribution in [0.25, 0.3) is 0 Å². The Hall–Kier alpha value is -12.3. The fourth-order valence-corrected chi connectivity index (χ4v) is 14.9. The minimum Gasteiger partial charge on any atom is -0.459 e. The molecule has 0 aromatic heterocycles. The van der Waals surface area contributed by atoms with E-state index in [9.17, 15) is 85.5 Å². The van der Waals surface area contributed by atoms with Crippen LogP contribution in [0.1, 0.15) is 123 Å². The van der Waals surface area contributed by atoms with Crippen molar-refractivity contribution in [3.63, 3.8) is 0 Å². The van der Waals surface area contributed by atoms with Gasteiger partial charge in [-0.2, -0.15) is 8.42 Å². The van der Waals surface area contributed by atoms with Gasteiger partial charge in [0.2, 0.25) is 95.0 Å². The highest BCUT2D eigenvalue weighted by Crippen LogP contribution is 2.39. The first-order valence-electron chi connectivity index (χ1n) is 39.9. The van der Waals surface area contributed by atoms with Gasteiger partial charge in [-0.1, -0.05) is 111 Å². The number of anilines is 1. The molecule has 2 saturated heterocycles. The number of likely N-dealkylation sites (tertiary alicyclic amines) is 1. The second kappa shape index (κ2) is 45.4. The van der Waals surface area contributed by atoms with E-state index in [-0.39, 0.29) is 43.6 Å². The molecule has 3 aromatic carbocycles. The second-order valence-electron chi connectivity index (χ2n) is 32.2. The number of halogens is 1. The average molecular weight is 1840 g/mol. The largest absolute Gasteiger partial charge is 0.459 e. The topological polar surface area (TPSA) is 679 Å². The van der Waals surface area contributed by atoms with E-state index in [1.807, 2.05) is 0 Å². The number of carbonyl (C=O) groups excluding carboxylic acids is 18. The smallest absolute Gasteiger partial charge is 0.325 e. The number of benzene rings is 3. The van der Waals surface area contributed by atoms with Crippen molar-refractivity contribution in [2.24, 2.45) is 28.5 Å². The Morgan fingerprint density at radius 1 is 0.720 bits per heavy atom. The van der Waals surface area contributed by atoms with Crippen LogP contribution in [0.2, 0.25) is 0 Å². The van der Waals surface area contributed by atoms with Crippen LogP contribution in [0, 0.1) is 16.7 Å². The highest BCUT2D eigenvalue weighted by Gasteiger charge is 2.51. The van der Waals surface area contributed by atoms with Crippen molar-refractivity contribution in [1.29, 1.82) is 5.41 Å². The van der Waals surface area contributed by atoms with E-state index in [2.05, 4.69) is 85.0 Å². The van der Waals surface area contributed by atoms with E-state index in [0.717, 1.165) is 32.4 Å². The van der Waals surface area contributed by atoms with Gasteiger partial charge in [0, 0.05) is 68.6 Å². The van der Waals surface area contributed by atoms with Gasteiger partial charge in [0.1, 0.15) is 96.9 Å². The maximum absolute atomic E-state index is 15.4. The zero-order valence-corrected chi connectivity index (χ0v) is 72.9. The van der Waals surface area contributed by atoms with Crippen LogP contribution in [0.15, 0.2) is 83.3 Å². The van der Waals surface area contributed by atoms with Gasteiger partial charge in [0.15, 0.2) is 11.6 Å². The fraction of sp³-hybridized carbons (Fsp3) is 0.532. The predicted octanol–water partition coefficient (Wildman–Crippen LogP) is -5.96. The Balaban J connectivity index is 1.38. The number of guanidine groups is 1. The molecular weight excluding hydrogens is 1720 g/mol. The molecule has 0 aliphatic carbocycles. The van der Waals surface area contributed by atoms with Crippen molar-refractivity contribution in [2.75, 3.05) is 44.8 Å². The summed E-state index contributed by atoms with van der Waals surface area (Å²) in [5.41, 5.74) is 13.4. The molecular formula is C79H111BrN20O24S. The standard InChI is InChI=1S/C79H111BrN20O24S/c1-39(2)59(94-69(112)55-23-17-31-100(55)74(117)50(89-63(106)40(3)86-38-101)33-44-24-26-45(80)27-25-44)70(113)97-62(78(6,7)8)72(115)91-52(35-79(120)46-20-14-15-21-47(46)93-76(79)119)66(109)87-48(22-16-30-85-77(83)84)64(107)92-53(37-125(121,122)123)67(110)96-61-42(5)124-58(105)36-98(9)73(116)51(34-57(82)104)90-71(114)60(41(4)102)95-65(108)49(32-43-18-12-11-13-19-43)88-68(111)54(28-29-56(81)103)99(10)75(61)118/h11-15,18-21,24-27,38-42,48-55,59-62,102,120H,16-17,22-23,28-37H2,1-10H3,(H2,81,103)(H2,82,104)(H,86,101)(H,87,109)(H,88,111)(H,89,106)(H,90,114)(H,91,115)(H,92,107)(H,93,119)(H,94,112)(H,95,108)(H,96,110)(H,97,113)(H4,83,84,85)(H,121,122,123)/t40-,41+,42-,48+,49+,50+,51-,52-,53-,54-,55-,59-,60-,61-,62-,79+/m1/s1. The Morgan fingerprint density at radius 2 is 1.33 bits per heavy atom. The van der Waals surface area contributed by atoms with Gasteiger partial charge in [0.25, 0.3) is 16.0 Å². The lowest BCUT2D eigenvalue weighted by atomic mass is 9.84. The van der Waals surface area contributed by atoms with Crippen LogP contribution in [0.5, 0.6) is 0 Å². The van der Waals surface area contributed by atoms with Crippen LogP contribution in [0.3, 0.4) is 0 Å². The number of likely N-dealkylation sites (N-methyl/N-ethyl adjacent to an activating group) is 2. The summed E-state index contributed by atoms with van der Waals surface area (Å²) in [6.45, 7) is 9.70. The Labute approximate surface area is 728 Å². The maximum Gasteiger partial charge on any atom is 0.325 e. The summed E-state index contributed by atoms with van der Waals surface area (Å²) in [5, 5.41) is 62.6. The number of nitrogens with two attached hydrogens (primary N) is 3. The number of nitrogens with zero attached hydrogens (tertiary/aromatic N) is 3. The highest BCUT2D eigenvalue weighted by molar-refractivity contribution is 9.10. The zero-order chi connectivity index (χ0) is 93.4. The Kier molecular flexibility index (Phi) is 36.8. The number of aliphatic hydroxyl groups is 2. The number of hydrogen-bond donors (Lipinski definition) is 20. The van der Waals surface area contributed by atoms with E-state index in [1.165, 1.54) is 69.0 Å². The first-order chi connectivity index (χ1) is 58.4. The lowest BCUT2D eigenvalue weighted by Gasteiger charge is -2.35. The van der Waals surface area contributed by atoms with Gasteiger partial charge in [0.05, 0.1) is 12.5 Å². The van der Waals surface area contributed by atoms with Gasteiger partial charge >= 0.3 is 5.97 Å². The van der Waals surface area contributed by atoms with Gasteiger partial charge in [-0.15, -0.1) is 0 Å². The van der Waals surface area contributed by atoms with E-state index in [0.29, 0.717) is 33.8 Å². The SMILES string of the molecule is CC(C)[C@@H](NC(=O)[C@H]1CCCN1C(=O)[C@H](Cc1ccc(Br)cc1)NC(=O)[C@@H](C)NC=O)C(=O)N[C@H](C(=O)N[C@H](C[C@@]1(O)C(=O)Nc2ccccc21)C(=O)N[C@@H](CCCNC(=N)N)C(=O)N[C@H](CS(=O)(=O)O)C(=O)N[C@H]1C(=O)N(C)[C@H](CCC(N)=O)C(=O)N[C@@H](Cc2ccccc2)C(=O)N[C@H]([C@H](C)O)C(=O)N[C@H](CC(N)=O)C(=O)N(C)CC(=O)O[C@@H]1C)C(C)(C)C. The molecule has 44 nitrogen and oxygen atoms in total. The third-order valence-corrected chi connectivity index (χ3v) is 22.1. The lowest BCUT2D eigenvalue weighted by molar-refractivity contribution is -0.158. The number of rotatable bonds is 36. The van der Waals surface area contributed by atoms with Crippen molar-refractivity contribution in [1.82, 2.24) is 78.5 Å². The molecule has 46 heteroatoms. The van der Waals surface area contributed by atoms with Gasteiger partial charge in [-0.05, 0) is 93.5 Å². The second-order valence-corrected chi connectivity index (χ2v) is 34.6. The number of amides is 17. The number of nitrogens with one attached hydrogen (secondary N) is 14. The number of cyclic esters (lactones) is 1. The molecule has 6 rings (SSSR count). The molecule has 0 spiro atoms. The van der Waals surface area contributed by atoms with Gasteiger partial charge < -0.3 is 116 Å². The van der Waals surface area contributed by atoms with E-state index >= 15 is 24.0 Å². The Morgan fingerprint density at radius 3 is 1.93 bits per heavy atom. The molecule has 23 N–H and O–H groups in total. The van der Waals surface area contributed by atoms with Crippen LogP contribution in [-0.4, -0.2) is 281 Å². The molecule has 684 valence electrons. The summed E-state index contributed by atoms with van der Waals surface area (Å²) in [6.07, 6.45) is -7.81. The number of aliphatic hydroxyl groups excluding tert-OH is 1. The summed E-state index contributed by atoms with van der Waals surface area (Å²) >= 11 is 3.38. The highest BCUT2D eigenvalue weighted by atomic mass is 79.9. The molecule has 2 fully saturated rings. The quantitative estimate of drug-likeness (QED) is 0.00644. The minimum atomic E-state index is -5.51. The first-order valence-corrected chi connectivity index (χ1v) is 42.3. The molecule has 0 bridgehead atoms. The van der Waals surface area contributed by atoms with Crippen molar-refractivity contribution in [3.05, 3.63) is 100 Å². The Bertz CT molecular complexity index is 4640. The van der Waals surface area contributed by atoms with Crippen LogP contribution in [0.4, 0.5) is 5.69 Å². The molecule has 0 radical (unpaired) electrons. The normalized spacial score (nSPS) is 21.8. The number of carbonyl (C=O) groups is 18. The van der Waals surface area contributed by atoms with Crippen LogP contribution in [-0.2, 0) is 120 Å². The van der Waals surface area contributed by atoms with Crippen molar-refractivity contribution >= 4 is 145 Å². The number of ether oxygens (including phenoxy) is 1. The molecule has 3 heterocycles. The van der Waals surface area contributed by atoms with Gasteiger partial charge in [-0.25, -0.2) is 0 Å². The van der Waals surface area contributed by atoms with Crippen molar-refractivity contribution < 1.29 is 114 Å². The number of esters is 1. The third-order valence-electron chi connectivity index (χ3n) is 20.8. The van der Waals surface area contributed by atoms with E-state index in [1.54, 1.807) is 56.3 Å². The number of hydrogen-bond acceptors (Lipinski definition) is 24. The molecule has 0 unspecified atom stereocenters. The van der Waals surface area contributed by atoms with Crippen LogP contribution < -0.4 is 86.3 Å². The number of para-hydroxylation sites is 1. The number of fused-ring (bicyclic) bond motifs is 1. The lowest BCUT2D eigenvalue weighted by Crippen LogP contribution is -2.64. The first kappa shape index (κ1) is 102. The molecule has 3 aliphatic rings. The molecule has 16 atom stereocenters.